The summed E-state index contributed by atoms with van der Waals surface area (Å²) in [5.41, 5.74) is 4.92. The predicted molar refractivity (Wildman–Crippen MR) is 85.6 cm³/mol. The van der Waals surface area contributed by atoms with Gasteiger partial charge < -0.3 is 8.92 Å². The number of hydrogen-bond donors (Lipinski definition) is 0. The van der Waals surface area contributed by atoms with Crippen LogP contribution in [0.25, 0.3) is 27.8 Å². The second kappa shape index (κ2) is 5.05. The minimum atomic E-state index is -0.253. The first-order valence-corrected chi connectivity index (χ1v) is 7.29. The molecule has 0 atom stereocenters. The molecule has 0 saturated heterocycles. The van der Waals surface area contributed by atoms with E-state index in [0.29, 0.717) is 5.56 Å². The highest BCUT2D eigenvalue weighted by molar-refractivity contribution is 5.86. The fourth-order valence-electron chi connectivity index (χ4n) is 2.94. The summed E-state index contributed by atoms with van der Waals surface area (Å²) in [6.45, 7) is 3.77. The van der Waals surface area contributed by atoms with Crippen LogP contribution in [-0.4, -0.2) is 14.5 Å². The Morgan fingerprint density at radius 3 is 2.70 bits per heavy atom. The second-order valence-corrected chi connectivity index (χ2v) is 5.51. The standard InChI is InChI=1S/C18H14FN3O/c1-11-18(12(2)23-21-11)15-7-13(9-22-10-20-8-17(15)22)14-5-3-4-6-16(14)19/h3-10H,1-2H3. The number of aromatic nitrogens is 3. The SMILES string of the molecule is Cc1noc(C)c1-c1cc(-c2ccccc2F)cn2cncc12. The van der Waals surface area contributed by atoms with Crippen molar-refractivity contribution in [3.05, 3.63) is 66.3 Å². The van der Waals surface area contributed by atoms with Gasteiger partial charge in [0, 0.05) is 28.5 Å². The number of imidazole rings is 1. The molecule has 0 fully saturated rings. The number of rotatable bonds is 2. The number of halogens is 1. The lowest BCUT2D eigenvalue weighted by atomic mass is 9.99. The molecule has 23 heavy (non-hydrogen) atoms. The molecule has 3 heterocycles. The summed E-state index contributed by atoms with van der Waals surface area (Å²) in [4.78, 5) is 4.21. The molecule has 1 aromatic carbocycles. The molecule has 114 valence electrons. The largest absolute Gasteiger partial charge is 0.361 e. The minimum absolute atomic E-state index is 0.253. The maximum atomic E-state index is 14.2. The Bertz CT molecular complexity index is 997. The topological polar surface area (TPSA) is 43.3 Å². The molecule has 0 amide bonds. The summed E-state index contributed by atoms with van der Waals surface area (Å²) >= 11 is 0. The van der Waals surface area contributed by atoms with Crippen LogP contribution in [0.3, 0.4) is 0 Å². The average molecular weight is 307 g/mol. The Labute approximate surface area is 132 Å². The first-order chi connectivity index (χ1) is 11.1. The lowest BCUT2D eigenvalue weighted by molar-refractivity contribution is 0.393. The summed E-state index contributed by atoms with van der Waals surface area (Å²) in [6, 6.07) is 8.70. The van der Waals surface area contributed by atoms with Gasteiger partial charge in [0.25, 0.3) is 0 Å². The van der Waals surface area contributed by atoms with E-state index in [1.165, 1.54) is 6.07 Å². The first-order valence-electron chi connectivity index (χ1n) is 7.29. The lowest BCUT2D eigenvalue weighted by Gasteiger charge is -2.09. The van der Waals surface area contributed by atoms with E-state index in [1.54, 1.807) is 24.7 Å². The van der Waals surface area contributed by atoms with Gasteiger partial charge in [-0.25, -0.2) is 9.37 Å². The monoisotopic (exact) mass is 307 g/mol. The van der Waals surface area contributed by atoms with Gasteiger partial charge in [-0.15, -0.1) is 0 Å². The molecule has 0 aliphatic rings. The number of benzene rings is 1. The van der Waals surface area contributed by atoms with Crippen LogP contribution >= 0.6 is 0 Å². The van der Waals surface area contributed by atoms with Crippen LogP contribution in [0.15, 0.2) is 53.6 Å². The molecular formula is C18H14FN3O. The van der Waals surface area contributed by atoms with Crippen LogP contribution < -0.4 is 0 Å². The zero-order valence-electron chi connectivity index (χ0n) is 12.7. The fourth-order valence-corrected chi connectivity index (χ4v) is 2.94. The van der Waals surface area contributed by atoms with E-state index in [2.05, 4.69) is 10.1 Å². The normalized spacial score (nSPS) is 11.3. The molecule has 0 spiro atoms. The van der Waals surface area contributed by atoms with Crippen molar-refractivity contribution in [1.82, 2.24) is 14.5 Å². The van der Waals surface area contributed by atoms with E-state index in [9.17, 15) is 4.39 Å². The minimum Gasteiger partial charge on any atom is -0.361 e. The Kier molecular flexibility index (Phi) is 3.01. The summed E-state index contributed by atoms with van der Waals surface area (Å²) in [6.07, 6.45) is 5.37. The zero-order chi connectivity index (χ0) is 16.0. The molecule has 4 nitrogen and oxygen atoms in total. The highest BCUT2D eigenvalue weighted by atomic mass is 19.1. The van der Waals surface area contributed by atoms with Gasteiger partial charge in [-0.2, -0.15) is 0 Å². The highest BCUT2D eigenvalue weighted by Crippen LogP contribution is 2.34. The maximum absolute atomic E-state index is 14.2. The van der Waals surface area contributed by atoms with E-state index >= 15 is 0 Å². The Balaban J connectivity index is 2.05. The van der Waals surface area contributed by atoms with E-state index < -0.39 is 0 Å². The molecule has 0 aliphatic carbocycles. The molecule has 5 heteroatoms. The Hall–Kier alpha value is -2.95. The number of aryl methyl sites for hydroxylation is 2. The van der Waals surface area contributed by atoms with Gasteiger partial charge in [-0.1, -0.05) is 23.4 Å². The van der Waals surface area contributed by atoms with Crippen molar-refractivity contribution in [2.75, 3.05) is 0 Å². The van der Waals surface area contributed by atoms with Gasteiger partial charge in [-0.3, -0.25) is 0 Å². The van der Waals surface area contributed by atoms with Crippen LogP contribution in [0.2, 0.25) is 0 Å². The summed E-state index contributed by atoms with van der Waals surface area (Å²) in [5.74, 6) is 0.480. The summed E-state index contributed by atoms with van der Waals surface area (Å²) in [5, 5.41) is 4.02. The van der Waals surface area contributed by atoms with E-state index in [0.717, 1.165) is 33.7 Å². The van der Waals surface area contributed by atoms with Crippen molar-refractivity contribution in [2.45, 2.75) is 13.8 Å². The fraction of sp³-hybridized carbons (Fsp3) is 0.111. The van der Waals surface area contributed by atoms with E-state index in [4.69, 9.17) is 4.52 Å². The predicted octanol–water partition coefficient (Wildman–Crippen LogP) is 4.41. The molecule has 0 bridgehead atoms. The third kappa shape index (κ3) is 2.12. The van der Waals surface area contributed by atoms with Crippen molar-refractivity contribution in [3.63, 3.8) is 0 Å². The molecule has 4 aromatic rings. The van der Waals surface area contributed by atoms with Gasteiger partial charge in [0.2, 0.25) is 0 Å². The Morgan fingerprint density at radius 1 is 1.13 bits per heavy atom. The lowest BCUT2D eigenvalue weighted by Crippen LogP contribution is -1.93. The maximum Gasteiger partial charge on any atom is 0.141 e. The van der Waals surface area contributed by atoms with Crippen molar-refractivity contribution in [3.8, 4) is 22.3 Å². The third-order valence-electron chi connectivity index (χ3n) is 4.01. The van der Waals surface area contributed by atoms with Gasteiger partial charge in [-0.05, 0) is 26.0 Å². The quantitative estimate of drug-likeness (QED) is 0.551. The highest BCUT2D eigenvalue weighted by Gasteiger charge is 2.17. The van der Waals surface area contributed by atoms with Crippen molar-refractivity contribution in [2.24, 2.45) is 0 Å². The molecule has 0 aliphatic heterocycles. The van der Waals surface area contributed by atoms with Crippen LogP contribution in [0.1, 0.15) is 11.5 Å². The number of fused-ring (bicyclic) bond motifs is 1. The molecule has 0 unspecified atom stereocenters. The van der Waals surface area contributed by atoms with E-state index in [-0.39, 0.29) is 5.82 Å². The number of hydrogen-bond acceptors (Lipinski definition) is 3. The van der Waals surface area contributed by atoms with Gasteiger partial charge in [0.05, 0.1) is 23.7 Å². The molecule has 0 radical (unpaired) electrons. The molecule has 4 rings (SSSR count). The van der Waals surface area contributed by atoms with Crippen LogP contribution in [0, 0.1) is 19.7 Å². The van der Waals surface area contributed by atoms with Crippen LogP contribution in [0.4, 0.5) is 4.39 Å². The van der Waals surface area contributed by atoms with Crippen LogP contribution in [0.5, 0.6) is 0 Å². The third-order valence-corrected chi connectivity index (χ3v) is 4.01. The Morgan fingerprint density at radius 2 is 1.96 bits per heavy atom. The zero-order valence-corrected chi connectivity index (χ0v) is 12.7. The summed E-state index contributed by atoms with van der Waals surface area (Å²) in [7, 11) is 0. The van der Waals surface area contributed by atoms with Gasteiger partial charge >= 0.3 is 0 Å². The van der Waals surface area contributed by atoms with Gasteiger partial charge in [0.1, 0.15) is 11.6 Å². The molecular weight excluding hydrogens is 293 g/mol. The number of nitrogens with zero attached hydrogens (tertiary/aromatic N) is 3. The van der Waals surface area contributed by atoms with Crippen molar-refractivity contribution in [1.29, 1.82) is 0 Å². The average Bonchev–Trinajstić information content (AvgIpc) is 3.14. The smallest absolute Gasteiger partial charge is 0.141 e. The first kappa shape index (κ1) is 13.7. The van der Waals surface area contributed by atoms with Crippen LogP contribution in [-0.2, 0) is 0 Å². The van der Waals surface area contributed by atoms with Gasteiger partial charge in [0.15, 0.2) is 0 Å². The number of pyridine rings is 1. The molecule has 3 aromatic heterocycles. The molecule has 0 N–H and O–H groups in total. The molecule has 0 saturated carbocycles. The van der Waals surface area contributed by atoms with E-state index in [1.807, 2.05) is 36.6 Å². The van der Waals surface area contributed by atoms with Crippen molar-refractivity contribution >= 4 is 5.52 Å². The second-order valence-electron chi connectivity index (χ2n) is 5.51. The van der Waals surface area contributed by atoms with Crippen molar-refractivity contribution < 1.29 is 8.91 Å². The summed E-state index contributed by atoms with van der Waals surface area (Å²) < 4.78 is 21.4.